The van der Waals surface area contributed by atoms with Gasteiger partial charge in [0, 0.05) is 5.56 Å². The maximum Gasteiger partial charge on any atom is 0.272 e. The second-order valence-electron chi connectivity index (χ2n) is 7.30. The number of amides is 1. The van der Waals surface area contributed by atoms with Gasteiger partial charge in [0.25, 0.3) is 5.91 Å². The zero-order chi connectivity index (χ0) is 19.0. The van der Waals surface area contributed by atoms with Crippen LogP contribution in [0.25, 0.3) is 5.65 Å². The summed E-state index contributed by atoms with van der Waals surface area (Å²) in [6.45, 7) is 4.13. The van der Waals surface area contributed by atoms with Gasteiger partial charge in [-0.1, -0.05) is 26.0 Å². The second-order valence-corrected chi connectivity index (χ2v) is 7.30. The predicted molar refractivity (Wildman–Crippen MR) is 101 cm³/mol. The van der Waals surface area contributed by atoms with E-state index in [-0.39, 0.29) is 17.9 Å². The van der Waals surface area contributed by atoms with E-state index in [2.05, 4.69) is 34.5 Å². The molecular weight excluding hydrogens is 342 g/mol. The lowest BCUT2D eigenvalue weighted by Crippen LogP contribution is -2.31. The minimum Gasteiger partial charge on any atom is -0.497 e. The molecule has 1 fully saturated rings. The van der Waals surface area contributed by atoms with E-state index >= 15 is 0 Å². The molecule has 3 aromatic rings. The first kappa shape index (κ1) is 17.5. The van der Waals surface area contributed by atoms with E-state index in [9.17, 15) is 4.79 Å². The van der Waals surface area contributed by atoms with Gasteiger partial charge >= 0.3 is 0 Å². The molecule has 2 aromatic heterocycles. The Hall–Kier alpha value is -2.96. The quantitative estimate of drug-likeness (QED) is 0.726. The Morgan fingerprint density at radius 1 is 1.26 bits per heavy atom. The summed E-state index contributed by atoms with van der Waals surface area (Å²) in [5, 5.41) is 15.6. The molecule has 1 amide bonds. The van der Waals surface area contributed by atoms with Crippen molar-refractivity contribution in [3.05, 3.63) is 53.5 Å². The highest BCUT2D eigenvalue weighted by atomic mass is 16.5. The van der Waals surface area contributed by atoms with Crippen molar-refractivity contribution < 1.29 is 9.53 Å². The lowest BCUT2D eigenvalue weighted by molar-refractivity contribution is 0.0925. The molecule has 7 nitrogen and oxygen atoms in total. The molecular formula is C20H23N5O2. The lowest BCUT2D eigenvalue weighted by atomic mass is 10.0. The summed E-state index contributed by atoms with van der Waals surface area (Å²) in [5.41, 5.74) is 3.11. The number of benzene rings is 1. The van der Waals surface area contributed by atoms with E-state index in [4.69, 9.17) is 4.74 Å². The molecule has 0 unspecified atom stereocenters. The van der Waals surface area contributed by atoms with Gasteiger partial charge in [0.05, 0.1) is 13.2 Å². The van der Waals surface area contributed by atoms with Crippen LogP contribution in [0.5, 0.6) is 5.75 Å². The third-order valence-corrected chi connectivity index (χ3v) is 5.01. The molecule has 140 valence electrons. The number of nitrogens with one attached hydrogen (secondary N) is 1. The van der Waals surface area contributed by atoms with E-state index in [0.717, 1.165) is 29.7 Å². The van der Waals surface area contributed by atoms with Crippen molar-refractivity contribution >= 4 is 11.6 Å². The van der Waals surface area contributed by atoms with Crippen molar-refractivity contribution in [2.45, 2.75) is 38.6 Å². The molecule has 0 saturated heterocycles. The molecule has 27 heavy (non-hydrogen) atoms. The fourth-order valence-corrected chi connectivity index (χ4v) is 3.32. The van der Waals surface area contributed by atoms with Crippen molar-refractivity contribution in [2.24, 2.45) is 5.92 Å². The zero-order valence-corrected chi connectivity index (χ0v) is 15.7. The number of rotatable bonds is 6. The average molecular weight is 365 g/mol. The third-order valence-electron chi connectivity index (χ3n) is 5.01. The average Bonchev–Trinajstić information content (AvgIpc) is 3.41. The minimum atomic E-state index is -0.180. The molecule has 1 atom stereocenters. The number of ether oxygens (including phenoxy) is 1. The standard InChI is InChI=1S/C20H23N5O2/c1-12(2)16-10-17(24-25-11-21-23-19(16)25)20(26)22-18(13-4-5-13)14-6-8-15(27-3)9-7-14/h6-13,18H,4-5H2,1-3H3,(H,22,26)/t18-/m1/s1. The smallest absolute Gasteiger partial charge is 0.272 e. The van der Waals surface area contributed by atoms with Crippen LogP contribution in [0, 0.1) is 5.92 Å². The number of carbonyl (C=O) groups excluding carboxylic acids is 1. The molecule has 7 heteroatoms. The van der Waals surface area contributed by atoms with Crippen molar-refractivity contribution in [1.29, 1.82) is 0 Å². The summed E-state index contributed by atoms with van der Waals surface area (Å²) >= 11 is 0. The van der Waals surface area contributed by atoms with Crippen molar-refractivity contribution in [1.82, 2.24) is 25.1 Å². The number of fused-ring (bicyclic) bond motifs is 1. The van der Waals surface area contributed by atoms with Crippen LogP contribution in [0.1, 0.15) is 60.3 Å². The molecule has 0 aliphatic heterocycles. The fraction of sp³-hybridized carbons (Fsp3) is 0.400. The van der Waals surface area contributed by atoms with Gasteiger partial charge in [-0.05, 0) is 48.4 Å². The Labute approximate surface area is 157 Å². The SMILES string of the molecule is COc1ccc([C@H](NC(=O)c2cc(C(C)C)c3nncn3n2)C2CC2)cc1. The molecule has 1 saturated carbocycles. The van der Waals surface area contributed by atoms with E-state index in [1.54, 1.807) is 11.6 Å². The lowest BCUT2D eigenvalue weighted by Gasteiger charge is -2.19. The molecule has 1 aliphatic carbocycles. The third kappa shape index (κ3) is 3.49. The molecule has 1 N–H and O–H groups in total. The molecule has 1 aromatic carbocycles. The van der Waals surface area contributed by atoms with Gasteiger partial charge in [-0.25, -0.2) is 0 Å². The van der Waals surface area contributed by atoms with E-state index < -0.39 is 0 Å². The van der Waals surface area contributed by atoms with Gasteiger partial charge in [-0.3, -0.25) is 4.79 Å². The molecule has 2 heterocycles. The van der Waals surface area contributed by atoms with Crippen LogP contribution in [-0.2, 0) is 0 Å². The number of hydrogen-bond donors (Lipinski definition) is 1. The fourth-order valence-electron chi connectivity index (χ4n) is 3.32. The molecule has 0 bridgehead atoms. The van der Waals surface area contributed by atoms with E-state index in [1.165, 1.54) is 6.33 Å². The highest BCUT2D eigenvalue weighted by Gasteiger charge is 2.34. The van der Waals surface area contributed by atoms with Crippen molar-refractivity contribution in [2.75, 3.05) is 7.11 Å². The summed E-state index contributed by atoms with van der Waals surface area (Å²) in [4.78, 5) is 13.0. The summed E-state index contributed by atoms with van der Waals surface area (Å²) < 4.78 is 6.81. The predicted octanol–water partition coefficient (Wildman–Crippen LogP) is 3.14. The van der Waals surface area contributed by atoms with E-state index in [1.807, 2.05) is 30.3 Å². The number of aromatic nitrogens is 4. The van der Waals surface area contributed by atoms with Crippen LogP contribution < -0.4 is 10.1 Å². The van der Waals surface area contributed by atoms with Gasteiger partial charge in [0.1, 0.15) is 17.8 Å². The first-order chi connectivity index (χ1) is 13.1. The van der Waals surface area contributed by atoms with Gasteiger partial charge in [-0.15, -0.1) is 10.2 Å². The van der Waals surface area contributed by atoms with Gasteiger partial charge in [0.2, 0.25) is 0 Å². The molecule has 1 aliphatic rings. The number of methoxy groups -OCH3 is 1. The van der Waals surface area contributed by atoms with Crippen LogP contribution >= 0.6 is 0 Å². The van der Waals surface area contributed by atoms with E-state index in [0.29, 0.717) is 17.3 Å². The number of carbonyl (C=O) groups is 1. The van der Waals surface area contributed by atoms with Crippen molar-refractivity contribution in [3.63, 3.8) is 0 Å². The Morgan fingerprint density at radius 3 is 2.63 bits per heavy atom. The molecule has 0 radical (unpaired) electrons. The number of hydrogen-bond acceptors (Lipinski definition) is 5. The van der Waals surface area contributed by atoms with Crippen LogP contribution in [0.3, 0.4) is 0 Å². The summed E-state index contributed by atoms with van der Waals surface area (Å²) in [6, 6.07) is 9.67. The maximum absolute atomic E-state index is 13.0. The maximum atomic E-state index is 13.0. The largest absolute Gasteiger partial charge is 0.497 e. The first-order valence-corrected chi connectivity index (χ1v) is 9.22. The van der Waals surface area contributed by atoms with Gasteiger partial charge in [0.15, 0.2) is 5.65 Å². The van der Waals surface area contributed by atoms with Crippen molar-refractivity contribution in [3.8, 4) is 5.75 Å². The molecule has 0 spiro atoms. The minimum absolute atomic E-state index is 0.0238. The van der Waals surface area contributed by atoms with Crippen LogP contribution in [0.4, 0.5) is 0 Å². The van der Waals surface area contributed by atoms with Crippen LogP contribution in [-0.4, -0.2) is 32.8 Å². The zero-order valence-electron chi connectivity index (χ0n) is 15.7. The van der Waals surface area contributed by atoms with Crippen LogP contribution in [0.2, 0.25) is 0 Å². The van der Waals surface area contributed by atoms with Crippen LogP contribution in [0.15, 0.2) is 36.7 Å². The summed E-state index contributed by atoms with van der Waals surface area (Å²) in [5.74, 6) is 1.30. The van der Waals surface area contributed by atoms with Gasteiger partial charge < -0.3 is 10.1 Å². The normalized spacial score (nSPS) is 15.1. The Kier molecular flexibility index (Phi) is 4.51. The second kappa shape index (κ2) is 6.98. The Balaban J connectivity index is 1.62. The number of nitrogens with zero attached hydrogens (tertiary/aromatic N) is 4. The van der Waals surface area contributed by atoms with Gasteiger partial charge in [-0.2, -0.15) is 9.61 Å². The topological polar surface area (TPSA) is 81.4 Å². The summed E-state index contributed by atoms with van der Waals surface area (Å²) in [7, 11) is 1.65. The highest BCUT2D eigenvalue weighted by molar-refractivity contribution is 5.93. The monoisotopic (exact) mass is 365 g/mol. The Bertz CT molecular complexity index is 960. The Morgan fingerprint density at radius 2 is 2.00 bits per heavy atom. The first-order valence-electron chi connectivity index (χ1n) is 9.22. The molecule has 4 rings (SSSR count). The highest BCUT2D eigenvalue weighted by Crippen LogP contribution is 2.41. The summed E-state index contributed by atoms with van der Waals surface area (Å²) in [6.07, 6.45) is 3.76.